The molecule has 0 unspecified atom stereocenters. The molecule has 4 nitrogen and oxygen atoms in total. The Morgan fingerprint density at radius 2 is 2.20 bits per heavy atom. The van der Waals surface area contributed by atoms with E-state index in [1.165, 1.54) is 17.3 Å². The molecule has 0 aliphatic heterocycles. The number of aromatic nitrogens is 3. The van der Waals surface area contributed by atoms with Crippen molar-refractivity contribution < 1.29 is 4.42 Å². The van der Waals surface area contributed by atoms with Crippen molar-refractivity contribution in [2.24, 2.45) is 0 Å². The van der Waals surface area contributed by atoms with Crippen LogP contribution in [0, 0.1) is 0 Å². The van der Waals surface area contributed by atoms with E-state index in [0.29, 0.717) is 12.3 Å². The van der Waals surface area contributed by atoms with E-state index in [1.807, 2.05) is 24.4 Å². The van der Waals surface area contributed by atoms with Gasteiger partial charge in [0, 0.05) is 17.1 Å². The minimum Gasteiger partial charge on any atom is -0.428 e. The fourth-order valence-electron chi connectivity index (χ4n) is 1.71. The predicted molar refractivity (Wildman–Crippen MR) is 55.4 cm³/mol. The number of para-hydroxylation sites is 1. The third-order valence-electron chi connectivity index (χ3n) is 2.42. The molecular formula is C11H9N3O. The van der Waals surface area contributed by atoms with Crippen LogP contribution < -0.4 is 0 Å². The maximum atomic E-state index is 5.12. The molecule has 3 rings (SSSR count). The molecule has 0 atom stereocenters. The highest BCUT2D eigenvalue weighted by Gasteiger charge is 2.06. The molecule has 0 aliphatic rings. The van der Waals surface area contributed by atoms with E-state index in [2.05, 4.69) is 21.2 Å². The number of fused-ring (bicyclic) bond motifs is 1. The van der Waals surface area contributed by atoms with Crippen molar-refractivity contribution >= 4 is 10.9 Å². The second kappa shape index (κ2) is 3.24. The van der Waals surface area contributed by atoms with Crippen LogP contribution in [-0.2, 0) is 6.42 Å². The summed E-state index contributed by atoms with van der Waals surface area (Å²) < 4.78 is 5.12. The zero-order chi connectivity index (χ0) is 10.1. The lowest BCUT2D eigenvalue weighted by Crippen LogP contribution is -1.86. The Morgan fingerprint density at radius 3 is 3.07 bits per heavy atom. The van der Waals surface area contributed by atoms with Gasteiger partial charge in [-0.3, -0.25) is 0 Å². The molecule has 0 fully saturated rings. The summed E-state index contributed by atoms with van der Waals surface area (Å²) in [6, 6.07) is 8.16. The van der Waals surface area contributed by atoms with Gasteiger partial charge in [-0.1, -0.05) is 18.2 Å². The third kappa shape index (κ3) is 1.40. The highest BCUT2D eigenvalue weighted by molar-refractivity contribution is 5.83. The first-order chi connectivity index (χ1) is 7.43. The Balaban J connectivity index is 2.05. The van der Waals surface area contributed by atoms with Crippen LogP contribution in [0.15, 0.2) is 41.3 Å². The number of nitrogens with zero attached hydrogens (tertiary/aromatic N) is 2. The molecule has 0 radical (unpaired) electrons. The second-order valence-electron chi connectivity index (χ2n) is 3.37. The van der Waals surface area contributed by atoms with Gasteiger partial charge >= 0.3 is 0 Å². The first kappa shape index (κ1) is 8.23. The predicted octanol–water partition coefficient (Wildman–Crippen LogP) is 2.14. The van der Waals surface area contributed by atoms with E-state index in [4.69, 9.17) is 4.42 Å². The van der Waals surface area contributed by atoms with Gasteiger partial charge in [-0.05, 0) is 11.6 Å². The third-order valence-corrected chi connectivity index (χ3v) is 2.42. The molecular weight excluding hydrogens is 190 g/mol. The van der Waals surface area contributed by atoms with Gasteiger partial charge in [-0.15, -0.1) is 10.2 Å². The maximum absolute atomic E-state index is 5.12. The summed E-state index contributed by atoms with van der Waals surface area (Å²) in [5, 5.41) is 8.73. The molecule has 0 amide bonds. The Labute approximate surface area is 85.9 Å². The Hall–Kier alpha value is -2.10. The smallest absolute Gasteiger partial charge is 0.220 e. The van der Waals surface area contributed by atoms with E-state index in [0.717, 1.165) is 5.52 Å². The monoisotopic (exact) mass is 199 g/mol. The fourth-order valence-corrected chi connectivity index (χ4v) is 1.71. The van der Waals surface area contributed by atoms with Crippen LogP contribution in [-0.4, -0.2) is 15.2 Å². The number of hydrogen-bond acceptors (Lipinski definition) is 3. The zero-order valence-electron chi connectivity index (χ0n) is 7.97. The van der Waals surface area contributed by atoms with E-state index < -0.39 is 0 Å². The number of rotatable bonds is 2. The highest BCUT2D eigenvalue weighted by Crippen LogP contribution is 2.19. The van der Waals surface area contributed by atoms with Gasteiger partial charge < -0.3 is 9.40 Å². The van der Waals surface area contributed by atoms with Crippen molar-refractivity contribution in [2.75, 3.05) is 0 Å². The molecule has 1 N–H and O–H groups in total. The standard InChI is InChI=1S/C11H9N3O/c1-2-4-10-9(3-1)8(6-12-10)5-11-14-13-7-15-11/h1-4,6-7,12H,5H2. The van der Waals surface area contributed by atoms with Crippen LogP contribution in [0.5, 0.6) is 0 Å². The van der Waals surface area contributed by atoms with Crippen LogP contribution >= 0.6 is 0 Å². The number of H-pyrrole nitrogens is 1. The highest BCUT2D eigenvalue weighted by atomic mass is 16.4. The van der Waals surface area contributed by atoms with Gasteiger partial charge in [0.1, 0.15) is 0 Å². The molecule has 0 saturated carbocycles. The van der Waals surface area contributed by atoms with Crippen molar-refractivity contribution in [2.45, 2.75) is 6.42 Å². The summed E-state index contributed by atoms with van der Waals surface area (Å²) in [5.74, 6) is 0.639. The SMILES string of the molecule is c1ccc2c(Cc3nnco3)c[nH]c2c1. The lowest BCUT2D eigenvalue weighted by atomic mass is 10.1. The van der Waals surface area contributed by atoms with E-state index in [9.17, 15) is 0 Å². The average Bonchev–Trinajstić information content (AvgIpc) is 2.89. The lowest BCUT2D eigenvalue weighted by Gasteiger charge is -1.93. The summed E-state index contributed by atoms with van der Waals surface area (Å²) in [6.45, 7) is 0. The van der Waals surface area contributed by atoms with Crippen molar-refractivity contribution in [1.29, 1.82) is 0 Å². The largest absolute Gasteiger partial charge is 0.428 e. The Morgan fingerprint density at radius 1 is 1.27 bits per heavy atom. The van der Waals surface area contributed by atoms with Crippen molar-refractivity contribution in [1.82, 2.24) is 15.2 Å². The van der Waals surface area contributed by atoms with Crippen molar-refractivity contribution in [3.05, 3.63) is 48.3 Å². The van der Waals surface area contributed by atoms with Crippen LogP contribution in [0.1, 0.15) is 11.5 Å². The summed E-state index contributed by atoms with van der Waals surface area (Å²) in [6.07, 6.45) is 4.00. The molecule has 74 valence electrons. The molecule has 2 heterocycles. The summed E-state index contributed by atoms with van der Waals surface area (Å²) in [5.41, 5.74) is 2.31. The molecule has 2 aromatic heterocycles. The van der Waals surface area contributed by atoms with Crippen molar-refractivity contribution in [3.63, 3.8) is 0 Å². The first-order valence-electron chi connectivity index (χ1n) is 4.73. The lowest BCUT2D eigenvalue weighted by molar-refractivity contribution is 0.505. The van der Waals surface area contributed by atoms with Gasteiger partial charge in [0.05, 0.1) is 6.42 Å². The minimum absolute atomic E-state index is 0.639. The molecule has 3 aromatic rings. The van der Waals surface area contributed by atoms with Gasteiger partial charge in [0.2, 0.25) is 12.3 Å². The zero-order valence-corrected chi connectivity index (χ0v) is 7.97. The maximum Gasteiger partial charge on any atom is 0.220 e. The van der Waals surface area contributed by atoms with E-state index >= 15 is 0 Å². The molecule has 0 spiro atoms. The van der Waals surface area contributed by atoms with Crippen LogP contribution in [0.3, 0.4) is 0 Å². The molecule has 15 heavy (non-hydrogen) atoms. The summed E-state index contributed by atoms with van der Waals surface area (Å²) in [4.78, 5) is 3.21. The summed E-state index contributed by atoms with van der Waals surface area (Å²) in [7, 11) is 0. The number of benzene rings is 1. The van der Waals surface area contributed by atoms with Crippen molar-refractivity contribution in [3.8, 4) is 0 Å². The molecule has 0 bridgehead atoms. The molecule has 4 heteroatoms. The number of aromatic amines is 1. The molecule has 0 aliphatic carbocycles. The fraction of sp³-hybridized carbons (Fsp3) is 0.0909. The normalized spacial score (nSPS) is 10.9. The topological polar surface area (TPSA) is 54.7 Å². The molecule has 1 aromatic carbocycles. The quantitative estimate of drug-likeness (QED) is 0.687. The number of nitrogens with one attached hydrogen (secondary N) is 1. The van der Waals surface area contributed by atoms with Crippen LogP contribution in [0.2, 0.25) is 0 Å². The Kier molecular flexibility index (Phi) is 1.78. The summed E-state index contributed by atoms with van der Waals surface area (Å²) >= 11 is 0. The van der Waals surface area contributed by atoms with Gasteiger partial charge in [-0.2, -0.15) is 0 Å². The minimum atomic E-state index is 0.639. The van der Waals surface area contributed by atoms with E-state index in [1.54, 1.807) is 0 Å². The van der Waals surface area contributed by atoms with Crippen LogP contribution in [0.4, 0.5) is 0 Å². The first-order valence-corrected chi connectivity index (χ1v) is 4.73. The van der Waals surface area contributed by atoms with Gasteiger partial charge in [-0.25, -0.2) is 0 Å². The van der Waals surface area contributed by atoms with Gasteiger partial charge in [0.25, 0.3) is 0 Å². The second-order valence-corrected chi connectivity index (χ2v) is 3.37. The van der Waals surface area contributed by atoms with Crippen LogP contribution in [0.25, 0.3) is 10.9 Å². The molecule has 0 saturated heterocycles. The Bertz CT molecular complexity index is 568. The van der Waals surface area contributed by atoms with E-state index in [-0.39, 0.29) is 0 Å². The average molecular weight is 199 g/mol. The van der Waals surface area contributed by atoms with Gasteiger partial charge in [0.15, 0.2) is 0 Å². The number of hydrogen-bond donors (Lipinski definition) is 1.